The van der Waals surface area contributed by atoms with Crippen LogP contribution < -0.4 is 5.56 Å². The summed E-state index contributed by atoms with van der Waals surface area (Å²) in [6.07, 6.45) is 2.14. The lowest BCUT2D eigenvalue weighted by molar-refractivity contribution is 0.0695. The molecule has 2 aromatic rings. The zero-order valence-corrected chi connectivity index (χ0v) is 11.6. The molecule has 1 atom stereocenters. The molecule has 0 amide bonds. The lowest BCUT2D eigenvalue weighted by Crippen LogP contribution is -2.24. The van der Waals surface area contributed by atoms with Gasteiger partial charge in [-0.25, -0.2) is 4.79 Å². The van der Waals surface area contributed by atoms with Gasteiger partial charge in [-0.2, -0.15) is 0 Å². The Kier molecular flexibility index (Phi) is 3.85. The van der Waals surface area contributed by atoms with Crippen LogP contribution in [0.15, 0.2) is 35.3 Å². The van der Waals surface area contributed by atoms with Crippen molar-refractivity contribution < 1.29 is 9.90 Å². The van der Waals surface area contributed by atoms with Crippen molar-refractivity contribution in [2.24, 2.45) is 0 Å². The minimum Gasteiger partial charge on any atom is -0.478 e. The summed E-state index contributed by atoms with van der Waals surface area (Å²) in [7, 11) is 0. The first kappa shape index (κ1) is 13.5. The molecule has 100 valence electrons. The van der Waals surface area contributed by atoms with Gasteiger partial charge in [-0.15, -0.1) is 11.3 Å². The van der Waals surface area contributed by atoms with Gasteiger partial charge in [0.2, 0.25) is 0 Å². The van der Waals surface area contributed by atoms with Crippen LogP contribution in [0.1, 0.15) is 33.1 Å². The van der Waals surface area contributed by atoms with Crippen molar-refractivity contribution in [2.75, 3.05) is 0 Å². The SMILES string of the molecule is Cc1ccc(CC(C)n2cc(C(=O)O)ccc2=O)s1. The molecular formula is C14H15NO3S. The van der Waals surface area contributed by atoms with E-state index in [-0.39, 0.29) is 17.2 Å². The van der Waals surface area contributed by atoms with Gasteiger partial charge in [0.25, 0.3) is 5.56 Å². The second-order valence-electron chi connectivity index (χ2n) is 4.53. The van der Waals surface area contributed by atoms with Crippen LogP contribution in [-0.4, -0.2) is 15.6 Å². The van der Waals surface area contributed by atoms with E-state index >= 15 is 0 Å². The highest BCUT2D eigenvalue weighted by molar-refractivity contribution is 7.11. The molecule has 4 nitrogen and oxygen atoms in total. The number of aryl methyl sites for hydroxylation is 1. The average Bonchev–Trinajstić information content (AvgIpc) is 2.74. The molecule has 0 aliphatic rings. The van der Waals surface area contributed by atoms with Crippen LogP contribution in [0.25, 0.3) is 0 Å². The molecule has 2 aromatic heterocycles. The molecule has 1 N–H and O–H groups in total. The molecule has 0 fully saturated rings. The number of pyridine rings is 1. The Hall–Kier alpha value is -1.88. The number of hydrogen-bond donors (Lipinski definition) is 1. The van der Waals surface area contributed by atoms with Crippen molar-refractivity contribution in [3.05, 3.63) is 56.1 Å². The van der Waals surface area contributed by atoms with Gasteiger partial charge in [-0.1, -0.05) is 0 Å². The van der Waals surface area contributed by atoms with E-state index in [0.29, 0.717) is 0 Å². The van der Waals surface area contributed by atoms with E-state index in [2.05, 4.69) is 0 Å². The van der Waals surface area contributed by atoms with Gasteiger partial charge in [0.05, 0.1) is 5.56 Å². The van der Waals surface area contributed by atoms with E-state index in [1.165, 1.54) is 32.7 Å². The Bertz CT molecular complexity index is 657. The maximum atomic E-state index is 11.8. The van der Waals surface area contributed by atoms with E-state index < -0.39 is 5.97 Å². The van der Waals surface area contributed by atoms with Crippen molar-refractivity contribution >= 4 is 17.3 Å². The maximum Gasteiger partial charge on any atom is 0.337 e. The van der Waals surface area contributed by atoms with Gasteiger partial charge in [0, 0.05) is 34.5 Å². The minimum absolute atomic E-state index is 0.0650. The second kappa shape index (κ2) is 5.40. The fourth-order valence-electron chi connectivity index (χ4n) is 1.96. The summed E-state index contributed by atoms with van der Waals surface area (Å²) in [5, 5.41) is 8.96. The number of thiophene rings is 1. The molecule has 0 bridgehead atoms. The average molecular weight is 277 g/mol. The zero-order valence-electron chi connectivity index (χ0n) is 10.8. The van der Waals surface area contributed by atoms with Gasteiger partial charge in [0.1, 0.15) is 0 Å². The van der Waals surface area contributed by atoms with Crippen LogP contribution in [0.5, 0.6) is 0 Å². The summed E-state index contributed by atoms with van der Waals surface area (Å²) in [6, 6.07) is 6.67. The summed E-state index contributed by atoms with van der Waals surface area (Å²) in [6.45, 7) is 3.96. The standard InChI is InChI=1S/C14H15NO3S/c1-9(7-12-5-3-10(2)19-12)15-8-11(14(17)18)4-6-13(15)16/h3-6,8-9H,7H2,1-2H3,(H,17,18). The van der Waals surface area contributed by atoms with E-state index in [0.717, 1.165) is 6.42 Å². The van der Waals surface area contributed by atoms with Gasteiger partial charge in [-0.3, -0.25) is 4.79 Å². The highest BCUT2D eigenvalue weighted by Gasteiger charge is 2.12. The minimum atomic E-state index is -1.02. The predicted molar refractivity (Wildman–Crippen MR) is 75.1 cm³/mol. The normalized spacial score (nSPS) is 12.3. The largest absolute Gasteiger partial charge is 0.478 e. The van der Waals surface area contributed by atoms with Crippen LogP contribution in [0.4, 0.5) is 0 Å². The third-order valence-corrected chi connectivity index (χ3v) is 3.98. The Labute approximate surface area is 115 Å². The summed E-state index contributed by atoms with van der Waals surface area (Å²) >= 11 is 1.70. The highest BCUT2D eigenvalue weighted by atomic mass is 32.1. The Morgan fingerprint density at radius 2 is 2.11 bits per heavy atom. The zero-order chi connectivity index (χ0) is 14.0. The third-order valence-electron chi connectivity index (χ3n) is 2.95. The Morgan fingerprint density at radius 1 is 1.37 bits per heavy atom. The topological polar surface area (TPSA) is 59.3 Å². The maximum absolute atomic E-state index is 11.8. The van der Waals surface area contributed by atoms with Gasteiger partial charge < -0.3 is 9.67 Å². The third kappa shape index (κ3) is 3.12. The predicted octanol–water partition coefficient (Wildman–Crippen LogP) is 2.72. The molecule has 0 saturated heterocycles. The first-order chi connectivity index (χ1) is 8.97. The van der Waals surface area contributed by atoms with Crippen molar-refractivity contribution in [3.8, 4) is 0 Å². The molecular weight excluding hydrogens is 262 g/mol. The van der Waals surface area contributed by atoms with Gasteiger partial charge >= 0.3 is 5.97 Å². The molecule has 1 unspecified atom stereocenters. The molecule has 0 aromatic carbocycles. The number of hydrogen-bond acceptors (Lipinski definition) is 3. The number of aromatic carboxylic acids is 1. The van der Waals surface area contributed by atoms with E-state index in [1.54, 1.807) is 11.3 Å². The number of aromatic nitrogens is 1. The lowest BCUT2D eigenvalue weighted by atomic mass is 10.2. The van der Waals surface area contributed by atoms with Crippen LogP contribution in [0, 0.1) is 6.92 Å². The summed E-state index contributed by atoms with van der Waals surface area (Å²) < 4.78 is 1.48. The first-order valence-electron chi connectivity index (χ1n) is 5.98. The fourth-order valence-corrected chi connectivity index (χ4v) is 2.97. The number of rotatable bonds is 4. The van der Waals surface area contributed by atoms with E-state index in [4.69, 9.17) is 5.11 Å². The fraction of sp³-hybridized carbons (Fsp3) is 0.286. The van der Waals surface area contributed by atoms with Crippen LogP contribution in [0.3, 0.4) is 0 Å². The van der Waals surface area contributed by atoms with Crippen LogP contribution >= 0.6 is 11.3 Å². The summed E-state index contributed by atoms with van der Waals surface area (Å²) in [4.78, 5) is 25.2. The van der Waals surface area contributed by atoms with E-state index in [1.807, 2.05) is 26.0 Å². The number of nitrogens with zero attached hydrogens (tertiary/aromatic N) is 1. The number of carboxylic acids is 1. The van der Waals surface area contributed by atoms with Crippen molar-refractivity contribution in [1.29, 1.82) is 0 Å². The first-order valence-corrected chi connectivity index (χ1v) is 6.80. The molecule has 0 radical (unpaired) electrons. The van der Waals surface area contributed by atoms with Crippen LogP contribution in [0.2, 0.25) is 0 Å². The smallest absolute Gasteiger partial charge is 0.337 e. The van der Waals surface area contributed by atoms with E-state index in [9.17, 15) is 9.59 Å². The summed E-state index contributed by atoms with van der Waals surface area (Å²) in [5.74, 6) is -1.02. The second-order valence-corrected chi connectivity index (χ2v) is 5.91. The highest BCUT2D eigenvalue weighted by Crippen LogP contribution is 2.20. The molecule has 2 heterocycles. The molecule has 0 spiro atoms. The monoisotopic (exact) mass is 277 g/mol. The molecule has 0 saturated carbocycles. The molecule has 19 heavy (non-hydrogen) atoms. The number of carbonyl (C=O) groups is 1. The molecule has 2 rings (SSSR count). The quantitative estimate of drug-likeness (QED) is 0.934. The van der Waals surface area contributed by atoms with Crippen molar-refractivity contribution in [2.45, 2.75) is 26.3 Å². The summed E-state index contributed by atoms with van der Waals surface area (Å²) in [5.41, 5.74) is -0.0420. The molecule has 0 aliphatic heterocycles. The van der Waals surface area contributed by atoms with Crippen molar-refractivity contribution in [1.82, 2.24) is 4.57 Å². The molecule has 5 heteroatoms. The van der Waals surface area contributed by atoms with Crippen molar-refractivity contribution in [3.63, 3.8) is 0 Å². The Morgan fingerprint density at radius 3 is 2.68 bits per heavy atom. The molecule has 0 aliphatic carbocycles. The number of carboxylic acid groups (broad SMARTS) is 1. The lowest BCUT2D eigenvalue weighted by Gasteiger charge is -2.14. The van der Waals surface area contributed by atoms with Gasteiger partial charge in [0.15, 0.2) is 0 Å². The van der Waals surface area contributed by atoms with Crippen LogP contribution in [-0.2, 0) is 6.42 Å². The van der Waals surface area contributed by atoms with Gasteiger partial charge in [-0.05, 0) is 32.0 Å². The Balaban J connectivity index is 2.27.